The van der Waals surface area contributed by atoms with Crippen LogP contribution in [0.25, 0.3) is 0 Å². The minimum Gasteiger partial charge on any atom is -0.300 e. The van der Waals surface area contributed by atoms with E-state index in [-0.39, 0.29) is 16.9 Å². The van der Waals surface area contributed by atoms with Gasteiger partial charge in [-0.25, -0.2) is 0 Å². The molecule has 1 aliphatic carbocycles. The number of rotatable bonds is 0. The van der Waals surface area contributed by atoms with Crippen LogP contribution in [0, 0.1) is 40.9 Å². The third-order valence-corrected chi connectivity index (χ3v) is 8.00. The van der Waals surface area contributed by atoms with Gasteiger partial charge in [0.25, 0.3) is 0 Å². The molecule has 0 bridgehead atoms. The van der Waals surface area contributed by atoms with Gasteiger partial charge in [-0.15, -0.1) is 0 Å². The molecule has 0 radical (unpaired) electrons. The number of nitrogens with one attached hydrogen (secondary N) is 1. The maximum Gasteiger partial charge on any atom is 0.155 e. The van der Waals surface area contributed by atoms with Gasteiger partial charge in [0.05, 0.1) is 5.54 Å². The number of Topliss-reactive ketones (excluding diaryl/α,β-unsaturated/α-hetero) is 1. The molecule has 1 saturated heterocycles. The van der Waals surface area contributed by atoms with Crippen LogP contribution in [0.15, 0.2) is 0 Å². The zero-order chi connectivity index (χ0) is 17.2. The van der Waals surface area contributed by atoms with Crippen LogP contribution in [0.3, 0.4) is 0 Å². The van der Waals surface area contributed by atoms with Crippen LogP contribution in [0.5, 0.6) is 0 Å². The average molecular weight is 308 g/mol. The van der Waals surface area contributed by atoms with Gasteiger partial charge in [-0.2, -0.15) is 0 Å². The molecule has 0 aromatic carbocycles. The Labute approximate surface area is 137 Å². The summed E-state index contributed by atoms with van der Waals surface area (Å²) < 4.78 is 0. The average Bonchev–Trinajstić information content (AvgIpc) is 2.40. The topological polar surface area (TPSA) is 29.1 Å². The van der Waals surface area contributed by atoms with Crippen LogP contribution in [0.2, 0.25) is 0 Å². The zero-order valence-electron chi connectivity index (χ0n) is 16.4. The van der Waals surface area contributed by atoms with E-state index in [0.29, 0.717) is 35.4 Å². The Morgan fingerprint density at radius 1 is 0.773 bits per heavy atom. The van der Waals surface area contributed by atoms with Crippen LogP contribution in [-0.2, 0) is 4.79 Å². The van der Waals surface area contributed by atoms with Crippen LogP contribution in [0.4, 0.5) is 0 Å². The van der Waals surface area contributed by atoms with Crippen molar-refractivity contribution in [2.24, 2.45) is 40.9 Å². The molecule has 0 aromatic rings. The fourth-order valence-corrected chi connectivity index (χ4v) is 5.61. The molecule has 1 heterocycles. The second-order valence-electron chi connectivity index (χ2n) is 9.95. The molecule has 1 N–H and O–H groups in total. The Bertz CT molecular complexity index is 462. The van der Waals surface area contributed by atoms with Crippen LogP contribution in [-0.4, -0.2) is 16.9 Å². The SMILES string of the molecule is CC1C(C)C(C)C2C(C(=O)C(C)(C)NC(C)(C)C2(C)C)C1C. The smallest absolute Gasteiger partial charge is 0.155 e. The second-order valence-corrected chi connectivity index (χ2v) is 9.95. The number of carbonyl (C=O) groups is 1. The highest BCUT2D eigenvalue weighted by Crippen LogP contribution is 2.58. The fourth-order valence-electron chi connectivity index (χ4n) is 5.61. The summed E-state index contributed by atoms with van der Waals surface area (Å²) >= 11 is 0. The van der Waals surface area contributed by atoms with E-state index in [1.165, 1.54) is 0 Å². The van der Waals surface area contributed by atoms with E-state index >= 15 is 0 Å². The lowest BCUT2D eigenvalue weighted by molar-refractivity contribution is -0.140. The molecular formula is C20H37NO. The molecule has 6 atom stereocenters. The maximum absolute atomic E-state index is 13.4. The first-order valence-corrected chi connectivity index (χ1v) is 9.09. The highest BCUT2D eigenvalue weighted by molar-refractivity contribution is 5.91. The first-order chi connectivity index (χ1) is 9.75. The van der Waals surface area contributed by atoms with Crippen molar-refractivity contribution in [2.75, 3.05) is 0 Å². The van der Waals surface area contributed by atoms with Gasteiger partial charge in [-0.1, -0.05) is 41.5 Å². The predicted octanol–water partition coefficient (Wildman–Crippen LogP) is 4.53. The quantitative estimate of drug-likeness (QED) is 0.712. The van der Waals surface area contributed by atoms with E-state index in [4.69, 9.17) is 0 Å². The minimum absolute atomic E-state index is 0.0696. The van der Waals surface area contributed by atoms with Crippen LogP contribution in [0.1, 0.15) is 69.2 Å². The highest BCUT2D eigenvalue weighted by Gasteiger charge is 2.60. The van der Waals surface area contributed by atoms with Gasteiger partial charge < -0.3 is 0 Å². The summed E-state index contributed by atoms with van der Waals surface area (Å²) in [7, 11) is 0. The summed E-state index contributed by atoms with van der Waals surface area (Å²) in [4.78, 5) is 13.4. The van der Waals surface area contributed by atoms with Gasteiger partial charge in [-0.3, -0.25) is 10.1 Å². The molecule has 2 fully saturated rings. The fraction of sp³-hybridized carbons (Fsp3) is 0.950. The number of fused-ring (bicyclic) bond motifs is 1. The largest absolute Gasteiger partial charge is 0.300 e. The zero-order valence-corrected chi connectivity index (χ0v) is 16.4. The van der Waals surface area contributed by atoms with Gasteiger partial charge in [0, 0.05) is 11.5 Å². The van der Waals surface area contributed by atoms with Crippen molar-refractivity contribution in [2.45, 2.75) is 80.3 Å². The van der Waals surface area contributed by atoms with Crippen molar-refractivity contribution in [3.05, 3.63) is 0 Å². The Morgan fingerprint density at radius 2 is 1.23 bits per heavy atom. The second kappa shape index (κ2) is 5.06. The number of hydrogen-bond acceptors (Lipinski definition) is 2. The molecule has 2 rings (SSSR count). The molecule has 1 saturated carbocycles. The monoisotopic (exact) mass is 307 g/mol. The molecule has 6 unspecified atom stereocenters. The van der Waals surface area contributed by atoms with E-state index in [1.54, 1.807) is 0 Å². The van der Waals surface area contributed by atoms with Gasteiger partial charge in [0.1, 0.15) is 0 Å². The van der Waals surface area contributed by atoms with Crippen molar-refractivity contribution in [3.8, 4) is 0 Å². The molecule has 2 aliphatic rings. The molecular weight excluding hydrogens is 270 g/mol. The summed E-state index contributed by atoms with van der Waals surface area (Å²) in [5, 5.41) is 3.71. The lowest BCUT2D eigenvalue weighted by Crippen LogP contribution is -2.60. The number of carbonyl (C=O) groups excluding carboxylic acids is 1. The molecule has 0 amide bonds. The summed E-state index contributed by atoms with van der Waals surface area (Å²) in [6.07, 6.45) is 0. The summed E-state index contributed by atoms with van der Waals surface area (Å²) in [5.74, 6) is 3.33. The molecule has 1 aliphatic heterocycles. The molecule has 128 valence electrons. The minimum atomic E-state index is -0.450. The standard InChI is InChI=1S/C20H37NO/c1-11-12(2)14(4)16-15(13(11)3)17(22)19(7,8)21-20(9,10)18(16,5)6/h11-16,21H,1-10H3. The lowest BCUT2D eigenvalue weighted by atomic mass is 9.49. The Kier molecular flexibility index (Phi) is 4.14. The van der Waals surface area contributed by atoms with Gasteiger partial charge >= 0.3 is 0 Å². The molecule has 0 aromatic heterocycles. The normalized spacial score (nSPS) is 46.7. The first-order valence-electron chi connectivity index (χ1n) is 9.09. The lowest BCUT2D eigenvalue weighted by Gasteiger charge is -2.56. The van der Waals surface area contributed by atoms with E-state index < -0.39 is 5.54 Å². The van der Waals surface area contributed by atoms with Crippen molar-refractivity contribution in [1.82, 2.24) is 5.32 Å². The van der Waals surface area contributed by atoms with Crippen LogP contribution < -0.4 is 5.32 Å². The Hall–Kier alpha value is -0.370. The van der Waals surface area contributed by atoms with Gasteiger partial charge in [-0.05, 0) is 62.7 Å². The maximum atomic E-state index is 13.4. The van der Waals surface area contributed by atoms with Crippen molar-refractivity contribution in [3.63, 3.8) is 0 Å². The van der Waals surface area contributed by atoms with E-state index in [1.807, 2.05) is 0 Å². The van der Waals surface area contributed by atoms with Crippen LogP contribution >= 0.6 is 0 Å². The summed E-state index contributed by atoms with van der Waals surface area (Å²) in [6, 6.07) is 0. The molecule has 2 heteroatoms. The third kappa shape index (κ3) is 2.28. The van der Waals surface area contributed by atoms with Gasteiger partial charge in [0.15, 0.2) is 5.78 Å². The predicted molar refractivity (Wildman–Crippen MR) is 93.7 cm³/mol. The highest BCUT2D eigenvalue weighted by atomic mass is 16.1. The van der Waals surface area contributed by atoms with E-state index in [2.05, 4.69) is 74.6 Å². The van der Waals surface area contributed by atoms with Crippen molar-refractivity contribution in [1.29, 1.82) is 0 Å². The molecule has 2 nitrogen and oxygen atoms in total. The number of ketones is 1. The Morgan fingerprint density at radius 3 is 1.73 bits per heavy atom. The number of hydrogen-bond donors (Lipinski definition) is 1. The van der Waals surface area contributed by atoms with E-state index in [9.17, 15) is 4.79 Å². The summed E-state index contributed by atoms with van der Waals surface area (Å²) in [6.45, 7) is 22.9. The Balaban J connectivity index is 2.66. The first kappa shape index (κ1) is 18.0. The van der Waals surface area contributed by atoms with Crippen molar-refractivity contribution < 1.29 is 4.79 Å². The molecule has 22 heavy (non-hydrogen) atoms. The summed E-state index contributed by atoms with van der Waals surface area (Å²) in [5.41, 5.74) is -0.447. The third-order valence-electron chi connectivity index (χ3n) is 8.00. The van der Waals surface area contributed by atoms with Crippen molar-refractivity contribution >= 4 is 5.78 Å². The molecule has 0 spiro atoms. The van der Waals surface area contributed by atoms with E-state index in [0.717, 1.165) is 0 Å². The van der Waals surface area contributed by atoms with Gasteiger partial charge in [0.2, 0.25) is 0 Å².